The van der Waals surface area contributed by atoms with Crippen LogP contribution in [0.15, 0.2) is 24.3 Å². The number of piperazine rings is 1. The topological polar surface area (TPSA) is 55.9 Å². The lowest BCUT2D eigenvalue weighted by atomic mass is 10.1. The molecule has 2 fully saturated rings. The minimum Gasteiger partial charge on any atom is -0.340 e. The van der Waals surface area contributed by atoms with Crippen molar-refractivity contribution in [3.63, 3.8) is 0 Å². The van der Waals surface area contributed by atoms with Crippen molar-refractivity contribution in [1.29, 1.82) is 0 Å². The average molecular weight is 358 g/mol. The highest BCUT2D eigenvalue weighted by atomic mass is 16.2. The highest BCUT2D eigenvalue weighted by Gasteiger charge is 2.22. The van der Waals surface area contributed by atoms with Crippen molar-refractivity contribution < 1.29 is 9.59 Å². The van der Waals surface area contributed by atoms with Crippen LogP contribution in [0.25, 0.3) is 0 Å². The van der Waals surface area contributed by atoms with Gasteiger partial charge >= 0.3 is 0 Å². The maximum atomic E-state index is 12.7. The molecule has 0 unspecified atom stereocenters. The third-order valence-electron chi connectivity index (χ3n) is 5.25. The van der Waals surface area contributed by atoms with Gasteiger partial charge in [0.25, 0.3) is 5.91 Å². The molecule has 6 nitrogen and oxygen atoms in total. The number of aryl methyl sites for hydroxylation is 1. The molecule has 1 N–H and O–H groups in total. The Balaban J connectivity index is 1.47. The molecular weight excluding hydrogens is 328 g/mol. The minimum absolute atomic E-state index is 0.118. The van der Waals surface area contributed by atoms with Gasteiger partial charge in [0, 0.05) is 64.3 Å². The first-order valence-electron chi connectivity index (χ1n) is 9.70. The van der Waals surface area contributed by atoms with Gasteiger partial charge in [-0.15, -0.1) is 0 Å². The van der Waals surface area contributed by atoms with Gasteiger partial charge in [-0.3, -0.25) is 9.59 Å². The molecule has 2 aliphatic rings. The van der Waals surface area contributed by atoms with Crippen LogP contribution in [0.2, 0.25) is 0 Å². The summed E-state index contributed by atoms with van der Waals surface area (Å²) in [5, 5.41) is 3.27. The van der Waals surface area contributed by atoms with Gasteiger partial charge in [-0.25, -0.2) is 0 Å². The number of nitrogens with zero attached hydrogens (tertiary/aromatic N) is 3. The first kappa shape index (κ1) is 18.9. The second kappa shape index (κ2) is 9.14. The predicted molar refractivity (Wildman–Crippen MR) is 102 cm³/mol. The van der Waals surface area contributed by atoms with E-state index in [1.165, 1.54) is 0 Å². The molecule has 2 saturated heterocycles. The van der Waals surface area contributed by atoms with Crippen molar-refractivity contribution >= 4 is 11.8 Å². The normalized spacial score (nSPS) is 19.3. The van der Waals surface area contributed by atoms with Gasteiger partial charge in [-0.2, -0.15) is 0 Å². The number of nitrogens with one attached hydrogen (secondary N) is 1. The van der Waals surface area contributed by atoms with E-state index in [1.54, 1.807) is 0 Å². The average Bonchev–Trinajstić information content (AvgIpc) is 2.92. The Morgan fingerprint density at radius 1 is 1.00 bits per heavy atom. The zero-order chi connectivity index (χ0) is 18.4. The smallest absolute Gasteiger partial charge is 0.253 e. The van der Waals surface area contributed by atoms with Crippen molar-refractivity contribution in [3.8, 4) is 0 Å². The second-order valence-electron chi connectivity index (χ2n) is 7.24. The fraction of sp³-hybridized carbons (Fsp3) is 0.600. The van der Waals surface area contributed by atoms with Gasteiger partial charge in [0.2, 0.25) is 5.91 Å². The largest absolute Gasteiger partial charge is 0.340 e. The van der Waals surface area contributed by atoms with Crippen LogP contribution in [0.5, 0.6) is 0 Å². The maximum Gasteiger partial charge on any atom is 0.253 e. The summed E-state index contributed by atoms with van der Waals surface area (Å²) in [4.78, 5) is 31.3. The molecule has 1 aromatic rings. The molecule has 2 aliphatic heterocycles. The monoisotopic (exact) mass is 358 g/mol. The molecule has 6 heteroatoms. The third-order valence-corrected chi connectivity index (χ3v) is 5.25. The van der Waals surface area contributed by atoms with Crippen LogP contribution in [0.1, 0.15) is 28.8 Å². The van der Waals surface area contributed by atoms with E-state index >= 15 is 0 Å². The van der Waals surface area contributed by atoms with E-state index in [4.69, 9.17) is 0 Å². The van der Waals surface area contributed by atoms with Gasteiger partial charge in [-0.05, 0) is 32.0 Å². The van der Waals surface area contributed by atoms with Crippen LogP contribution in [0.4, 0.5) is 0 Å². The molecule has 0 atom stereocenters. The molecule has 0 aromatic heterocycles. The molecule has 0 bridgehead atoms. The molecule has 0 radical (unpaired) electrons. The highest BCUT2D eigenvalue weighted by Crippen LogP contribution is 2.11. The number of hydrogen-bond acceptors (Lipinski definition) is 4. The minimum atomic E-state index is 0.118. The summed E-state index contributed by atoms with van der Waals surface area (Å²) in [7, 11) is 0. The highest BCUT2D eigenvalue weighted by molar-refractivity contribution is 5.94. The molecule has 2 heterocycles. The predicted octanol–water partition coefficient (Wildman–Crippen LogP) is 0.965. The molecule has 0 aliphatic carbocycles. The molecule has 26 heavy (non-hydrogen) atoms. The molecular formula is C20H30N4O2. The van der Waals surface area contributed by atoms with Gasteiger partial charge < -0.3 is 20.0 Å². The quantitative estimate of drug-likeness (QED) is 0.871. The summed E-state index contributed by atoms with van der Waals surface area (Å²) in [6, 6.07) is 7.80. The fourth-order valence-corrected chi connectivity index (χ4v) is 3.68. The lowest BCUT2D eigenvalue weighted by Crippen LogP contribution is -2.47. The number of rotatable bonds is 4. The number of amides is 2. The number of benzene rings is 1. The van der Waals surface area contributed by atoms with E-state index in [2.05, 4.69) is 10.2 Å². The van der Waals surface area contributed by atoms with Crippen LogP contribution in [0, 0.1) is 6.92 Å². The van der Waals surface area contributed by atoms with Crippen molar-refractivity contribution in [2.75, 3.05) is 58.9 Å². The molecule has 2 amide bonds. The Hall–Kier alpha value is -1.92. The van der Waals surface area contributed by atoms with E-state index in [1.807, 2.05) is 41.0 Å². The zero-order valence-corrected chi connectivity index (χ0v) is 15.7. The standard InChI is InChI=1S/C20H30N4O2/c1-17-4-2-5-18(16-17)20(26)24-10-3-9-22(14-15-24)11-6-19(25)23-12-7-21-8-13-23/h2,4-5,16,21H,3,6-15H2,1H3. The Bertz CT molecular complexity index is 628. The van der Waals surface area contributed by atoms with Crippen LogP contribution < -0.4 is 5.32 Å². The lowest BCUT2D eigenvalue weighted by Gasteiger charge is -2.28. The van der Waals surface area contributed by atoms with Crippen LogP contribution in [-0.2, 0) is 4.79 Å². The number of hydrogen-bond donors (Lipinski definition) is 1. The first-order chi connectivity index (χ1) is 12.6. The Morgan fingerprint density at radius 3 is 2.58 bits per heavy atom. The zero-order valence-electron chi connectivity index (χ0n) is 15.7. The SMILES string of the molecule is Cc1cccc(C(=O)N2CCCN(CCC(=O)N3CCNCC3)CC2)c1. The van der Waals surface area contributed by atoms with E-state index in [0.29, 0.717) is 6.42 Å². The summed E-state index contributed by atoms with van der Waals surface area (Å²) in [5.41, 5.74) is 1.88. The molecule has 3 rings (SSSR count). The summed E-state index contributed by atoms with van der Waals surface area (Å²) in [5.74, 6) is 0.371. The van der Waals surface area contributed by atoms with Crippen molar-refractivity contribution in [1.82, 2.24) is 20.0 Å². The maximum absolute atomic E-state index is 12.7. The molecule has 1 aromatic carbocycles. The van der Waals surface area contributed by atoms with Crippen molar-refractivity contribution in [3.05, 3.63) is 35.4 Å². The van der Waals surface area contributed by atoms with E-state index < -0.39 is 0 Å². The molecule has 142 valence electrons. The van der Waals surface area contributed by atoms with E-state index in [-0.39, 0.29) is 11.8 Å². The Morgan fingerprint density at radius 2 is 1.81 bits per heavy atom. The third kappa shape index (κ3) is 5.05. The Labute approximate surface area is 156 Å². The van der Waals surface area contributed by atoms with Crippen LogP contribution in [-0.4, -0.2) is 85.4 Å². The van der Waals surface area contributed by atoms with Gasteiger partial charge in [0.15, 0.2) is 0 Å². The van der Waals surface area contributed by atoms with Gasteiger partial charge in [0.1, 0.15) is 0 Å². The van der Waals surface area contributed by atoms with Crippen LogP contribution in [0.3, 0.4) is 0 Å². The van der Waals surface area contributed by atoms with Crippen molar-refractivity contribution in [2.24, 2.45) is 0 Å². The van der Waals surface area contributed by atoms with E-state index in [9.17, 15) is 9.59 Å². The van der Waals surface area contributed by atoms with Gasteiger partial charge in [-0.1, -0.05) is 17.7 Å². The molecule has 0 spiro atoms. The Kier molecular flexibility index (Phi) is 6.63. The summed E-state index contributed by atoms with van der Waals surface area (Å²) in [6.07, 6.45) is 1.53. The number of carbonyl (C=O) groups excluding carboxylic acids is 2. The van der Waals surface area contributed by atoms with E-state index in [0.717, 1.165) is 76.5 Å². The summed E-state index contributed by atoms with van der Waals surface area (Å²) < 4.78 is 0. The number of carbonyl (C=O) groups is 2. The fourth-order valence-electron chi connectivity index (χ4n) is 3.68. The van der Waals surface area contributed by atoms with Crippen LogP contribution >= 0.6 is 0 Å². The second-order valence-corrected chi connectivity index (χ2v) is 7.24. The molecule has 0 saturated carbocycles. The summed E-state index contributed by atoms with van der Waals surface area (Å²) in [6.45, 7) is 9.53. The lowest BCUT2D eigenvalue weighted by molar-refractivity contribution is -0.132. The summed E-state index contributed by atoms with van der Waals surface area (Å²) >= 11 is 0. The van der Waals surface area contributed by atoms with Crippen molar-refractivity contribution in [2.45, 2.75) is 19.8 Å². The van der Waals surface area contributed by atoms with Gasteiger partial charge in [0.05, 0.1) is 0 Å². The first-order valence-corrected chi connectivity index (χ1v) is 9.70.